The first-order chi connectivity index (χ1) is 5.24. The maximum absolute atomic E-state index is 11.1. The highest BCUT2D eigenvalue weighted by Crippen LogP contribution is 2.23. The highest BCUT2D eigenvalue weighted by Gasteiger charge is 2.15. The largest absolute Gasteiger partial charge is 0.324 e. The van der Waals surface area contributed by atoms with E-state index in [9.17, 15) is 4.79 Å². The SMILES string of the molecule is NCC(=O)C1=CCC(Br)CC1. The van der Waals surface area contributed by atoms with E-state index in [4.69, 9.17) is 5.73 Å². The predicted octanol–water partition coefficient (Wildman–Crippen LogP) is 1.39. The number of nitrogens with two attached hydrogens (primary N) is 1. The van der Waals surface area contributed by atoms with E-state index in [0.29, 0.717) is 4.83 Å². The molecule has 0 fully saturated rings. The van der Waals surface area contributed by atoms with Crippen LogP contribution in [-0.2, 0) is 4.79 Å². The highest BCUT2D eigenvalue weighted by atomic mass is 79.9. The van der Waals surface area contributed by atoms with Gasteiger partial charge >= 0.3 is 0 Å². The Morgan fingerprint density at radius 1 is 1.82 bits per heavy atom. The van der Waals surface area contributed by atoms with Crippen molar-refractivity contribution in [3.63, 3.8) is 0 Å². The van der Waals surface area contributed by atoms with Crippen molar-refractivity contribution in [2.45, 2.75) is 24.1 Å². The van der Waals surface area contributed by atoms with Crippen LogP contribution in [-0.4, -0.2) is 17.2 Å². The van der Waals surface area contributed by atoms with Crippen LogP contribution in [0.2, 0.25) is 0 Å². The van der Waals surface area contributed by atoms with E-state index in [1.54, 1.807) is 0 Å². The Hall–Kier alpha value is -0.150. The Morgan fingerprint density at radius 3 is 3.00 bits per heavy atom. The Morgan fingerprint density at radius 2 is 2.55 bits per heavy atom. The molecule has 0 aromatic carbocycles. The van der Waals surface area contributed by atoms with Crippen LogP contribution in [0.25, 0.3) is 0 Å². The molecule has 0 radical (unpaired) electrons. The average molecular weight is 218 g/mol. The predicted molar refractivity (Wildman–Crippen MR) is 48.7 cm³/mol. The highest BCUT2D eigenvalue weighted by molar-refractivity contribution is 9.09. The summed E-state index contributed by atoms with van der Waals surface area (Å²) in [6.07, 6.45) is 4.89. The summed E-state index contributed by atoms with van der Waals surface area (Å²) in [5.74, 6) is 0.101. The first kappa shape index (κ1) is 8.94. The quantitative estimate of drug-likeness (QED) is 0.711. The van der Waals surface area contributed by atoms with Crippen molar-refractivity contribution >= 4 is 21.7 Å². The zero-order valence-electron chi connectivity index (χ0n) is 6.35. The Bertz CT molecular complexity index is 189. The lowest BCUT2D eigenvalue weighted by Gasteiger charge is -2.15. The summed E-state index contributed by atoms with van der Waals surface area (Å²) >= 11 is 3.50. The molecular weight excluding hydrogens is 206 g/mol. The zero-order valence-corrected chi connectivity index (χ0v) is 7.93. The van der Waals surface area contributed by atoms with Crippen molar-refractivity contribution in [2.24, 2.45) is 5.73 Å². The van der Waals surface area contributed by atoms with Gasteiger partial charge in [0.2, 0.25) is 0 Å². The third kappa shape index (κ3) is 2.42. The van der Waals surface area contributed by atoms with Gasteiger partial charge in [-0.3, -0.25) is 4.79 Å². The number of hydrogen-bond donors (Lipinski definition) is 1. The molecule has 2 nitrogen and oxygen atoms in total. The van der Waals surface area contributed by atoms with Crippen molar-refractivity contribution in [1.82, 2.24) is 0 Å². The number of carbonyl (C=O) groups excluding carboxylic acids is 1. The molecule has 1 aliphatic carbocycles. The van der Waals surface area contributed by atoms with Gasteiger partial charge in [-0.25, -0.2) is 0 Å². The first-order valence-corrected chi connectivity index (χ1v) is 4.72. The summed E-state index contributed by atoms with van der Waals surface area (Å²) in [6.45, 7) is 0.152. The standard InChI is InChI=1S/C8H12BrNO/c9-7-3-1-6(2-4-7)8(11)5-10/h1,7H,2-5,10H2. The monoisotopic (exact) mass is 217 g/mol. The van der Waals surface area contributed by atoms with Gasteiger partial charge in [0.15, 0.2) is 5.78 Å². The summed E-state index contributed by atoms with van der Waals surface area (Å²) in [5.41, 5.74) is 6.16. The molecule has 1 unspecified atom stereocenters. The lowest BCUT2D eigenvalue weighted by Crippen LogP contribution is -2.18. The number of ketones is 1. The van der Waals surface area contributed by atoms with Crippen LogP contribution in [0.1, 0.15) is 19.3 Å². The van der Waals surface area contributed by atoms with Crippen LogP contribution in [0.15, 0.2) is 11.6 Å². The molecule has 0 bridgehead atoms. The van der Waals surface area contributed by atoms with E-state index in [-0.39, 0.29) is 12.3 Å². The molecule has 0 aromatic rings. The van der Waals surface area contributed by atoms with Crippen molar-refractivity contribution in [2.75, 3.05) is 6.54 Å². The van der Waals surface area contributed by atoms with Gasteiger partial charge in [-0.15, -0.1) is 0 Å². The number of allylic oxidation sites excluding steroid dienone is 1. The normalized spacial score (nSPS) is 24.5. The van der Waals surface area contributed by atoms with Gasteiger partial charge in [0, 0.05) is 4.83 Å². The molecule has 1 rings (SSSR count). The van der Waals surface area contributed by atoms with E-state index in [1.807, 2.05) is 6.08 Å². The molecule has 0 saturated heterocycles. The number of halogens is 1. The van der Waals surface area contributed by atoms with Gasteiger partial charge in [0.1, 0.15) is 0 Å². The molecule has 0 amide bonds. The molecule has 3 heteroatoms. The van der Waals surface area contributed by atoms with Crippen LogP contribution in [0.4, 0.5) is 0 Å². The van der Waals surface area contributed by atoms with Gasteiger partial charge in [-0.1, -0.05) is 22.0 Å². The number of rotatable bonds is 2. The van der Waals surface area contributed by atoms with Gasteiger partial charge in [-0.05, 0) is 24.8 Å². The zero-order chi connectivity index (χ0) is 8.27. The van der Waals surface area contributed by atoms with Crippen molar-refractivity contribution in [3.8, 4) is 0 Å². The third-order valence-electron chi connectivity index (χ3n) is 1.89. The van der Waals surface area contributed by atoms with Crippen molar-refractivity contribution in [1.29, 1.82) is 0 Å². The number of alkyl halides is 1. The Labute approximate surface area is 75.0 Å². The third-order valence-corrected chi connectivity index (χ3v) is 2.72. The molecule has 11 heavy (non-hydrogen) atoms. The topological polar surface area (TPSA) is 43.1 Å². The molecule has 0 heterocycles. The maximum atomic E-state index is 11.1. The maximum Gasteiger partial charge on any atom is 0.172 e. The van der Waals surface area contributed by atoms with E-state index >= 15 is 0 Å². The number of carbonyl (C=O) groups is 1. The molecule has 1 atom stereocenters. The molecule has 0 aliphatic heterocycles. The second-order valence-electron chi connectivity index (χ2n) is 2.73. The summed E-state index contributed by atoms with van der Waals surface area (Å²) in [4.78, 5) is 11.6. The second-order valence-corrected chi connectivity index (χ2v) is 4.02. The average Bonchev–Trinajstić information content (AvgIpc) is 2.05. The van der Waals surface area contributed by atoms with Crippen LogP contribution in [0, 0.1) is 0 Å². The summed E-state index contributed by atoms with van der Waals surface area (Å²) in [5, 5.41) is 0. The Balaban J connectivity index is 2.54. The second kappa shape index (κ2) is 4.02. The summed E-state index contributed by atoms with van der Waals surface area (Å²) in [7, 11) is 0. The van der Waals surface area contributed by atoms with Crippen LogP contribution >= 0.6 is 15.9 Å². The van der Waals surface area contributed by atoms with E-state index in [1.165, 1.54) is 0 Å². The molecule has 0 spiro atoms. The van der Waals surface area contributed by atoms with Gasteiger partial charge in [0.25, 0.3) is 0 Å². The van der Waals surface area contributed by atoms with E-state index in [2.05, 4.69) is 15.9 Å². The van der Waals surface area contributed by atoms with E-state index < -0.39 is 0 Å². The molecular formula is C8H12BrNO. The first-order valence-electron chi connectivity index (χ1n) is 3.80. The lowest BCUT2D eigenvalue weighted by molar-refractivity contribution is -0.114. The molecule has 1 aliphatic rings. The van der Waals surface area contributed by atoms with Crippen LogP contribution in [0.5, 0.6) is 0 Å². The van der Waals surface area contributed by atoms with Crippen LogP contribution < -0.4 is 5.73 Å². The number of Topliss-reactive ketones (excluding diaryl/α,β-unsaturated/α-hetero) is 1. The van der Waals surface area contributed by atoms with Gasteiger partial charge in [0.05, 0.1) is 6.54 Å². The summed E-state index contributed by atoms with van der Waals surface area (Å²) in [6, 6.07) is 0. The molecule has 2 N–H and O–H groups in total. The number of hydrogen-bond acceptors (Lipinski definition) is 2. The molecule has 0 aromatic heterocycles. The fourth-order valence-corrected chi connectivity index (χ4v) is 1.60. The van der Waals surface area contributed by atoms with Gasteiger partial charge < -0.3 is 5.73 Å². The minimum atomic E-state index is 0.101. The van der Waals surface area contributed by atoms with Gasteiger partial charge in [-0.2, -0.15) is 0 Å². The molecule has 62 valence electrons. The van der Waals surface area contributed by atoms with Crippen molar-refractivity contribution in [3.05, 3.63) is 11.6 Å². The van der Waals surface area contributed by atoms with Crippen LogP contribution in [0.3, 0.4) is 0 Å². The van der Waals surface area contributed by atoms with E-state index in [0.717, 1.165) is 24.8 Å². The fourth-order valence-electron chi connectivity index (χ4n) is 1.19. The minimum absolute atomic E-state index is 0.101. The minimum Gasteiger partial charge on any atom is -0.324 e. The van der Waals surface area contributed by atoms with Crippen molar-refractivity contribution < 1.29 is 4.79 Å². The molecule has 0 saturated carbocycles. The smallest absolute Gasteiger partial charge is 0.172 e. The fraction of sp³-hybridized carbons (Fsp3) is 0.625. The Kier molecular flexibility index (Phi) is 3.27. The lowest BCUT2D eigenvalue weighted by atomic mass is 9.96. The summed E-state index contributed by atoms with van der Waals surface area (Å²) < 4.78 is 0.